The lowest BCUT2D eigenvalue weighted by atomic mass is 10.1. The van der Waals surface area contributed by atoms with Gasteiger partial charge in [0.25, 0.3) is 0 Å². The normalized spacial score (nSPS) is 10.2. The summed E-state index contributed by atoms with van der Waals surface area (Å²) in [6.07, 6.45) is 0.789. The Hall–Kier alpha value is -2.69. The summed E-state index contributed by atoms with van der Waals surface area (Å²) in [5.41, 5.74) is 1.31. The van der Waals surface area contributed by atoms with Crippen molar-refractivity contribution in [1.29, 1.82) is 0 Å². The molecule has 0 fully saturated rings. The van der Waals surface area contributed by atoms with Crippen molar-refractivity contribution in [2.45, 2.75) is 12.8 Å². The Morgan fingerprint density at radius 2 is 1.78 bits per heavy atom. The van der Waals surface area contributed by atoms with Crippen LogP contribution in [0, 0.1) is 5.82 Å². The molecule has 0 saturated carbocycles. The highest BCUT2D eigenvalue weighted by atomic mass is 19.1. The molecular weight excluding hydrogens is 297 g/mol. The number of carbonyl (C=O) groups excluding carboxylic acids is 2. The van der Waals surface area contributed by atoms with Gasteiger partial charge in [0.1, 0.15) is 11.6 Å². The number of hydrogen-bond acceptors (Lipinski definition) is 3. The number of methoxy groups -OCH3 is 1. The molecule has 0 aliphatic carbocycles. The van der Waals surface area contributed by atoms with Crippen LogP contribution in [0.2, 0.25) is 0 Å². The molecule has 0 bridgehead atoms. The first-order valence-corrected chi connectivity index (χ1v) is 7.27. The molecule has 4 nitrogen and oxygen atoms in total. The van der Waals surface area contributed by atoms with E-state index in [1.54, 1.807) is 7.11 Å². The van der Waals surface area contributed by atoms with Crippen molar-refractivity contribution in [3.63, 3.8) is 0 Å². The second-order valence-electron chi connectivity index (χ2n) is 5.02. The molecule has 1 N–H and O–H groups in total. The maximum absolute atomic E-state index is 12.8. The highest BCUT2D eigenvalue weighted by Crippen LogP contribution is 2.18. The molecule has 23 heavy (non-hydrogen) atoms. The van der Waals surface area contributed by atoms with Crippen LogP contribution in [-0.2, 0) is 11.2 Å². The smallest absolute Gasteiger partial charge is 0.220 e. The third-order valence-corrected chi connectivity index (χ3v) is 3.43. The molecule has 0 heterocycles. The number of aryl methyl sites for hydroxylation is 1. The molecule has 0 aliphatic heterocycles. The Bertz CT molecular complexity index is 683. The molecule has 0 unspecified atom stereocenters. The zero-order valence-corrected chi connectivity index (χ0v) is 12.8. The summed E-state index contributed by atoms with van der Waals surface area (Å²) in [6.45, 7) is -0.101. The average Bonchev–Trinajstić information content (AvgIpc) is 2.58. The van der Waals surface area contributed by atoms with Crippen LogP contribution in [-0.4, -0.2) is 25.3 Å². The Morgan fingerprint density at radius 1 is 1.09 bits per heavy atom. The SMILES string of the molecule is COc1ccccc1CCC(=O)NCC(=O)c1ccc(F)cc1. The average molecular weight is 315 g/mol. The van der Waals surface area contributed by atoms with Crippen LogP contribution in [0.1, 0.15) is 22.3 Å². The quantitative estimate of drug-likeness (QED) is 0.799. The predicted molar refractivity (Wildman–Crippen MR) is 85.1 cm³/mol. The monoisotopic (exact) mass is 315 g/mol. The van der Waals surface area contributed by atoms with Crippen LogP contribution in [0.15, 0.2) is 48.5 Å². The van der Waals surface area contributed by atoms with Gasteiger partial charge in [-0.1, -0.05) is 18.2 Å². The fourth-order valence-corrected chi connectivity index (χ4v) is 2.16. The van der Waals surface area contributed by atoms with Crippen molar-refractivity contribution in [1.82, 2.24) is 5.32 Å². The minimum atomic E-state index is -0.401. The minimum absolute atomic E-state index is 0.101. The van der Waals surface area contributed by atoms with Crippen molar-refractivity contribution in [3.05, 3.63) is 65.5 Å². The van der Waals surface area contributed by atoms with Crippen molar-refractivity contribution in [2.24, 2.45) is 0 Å². The third kappa shape index (κ3) is 4.92. The number of ketones is 1. The topological polar surface area (TPSA) is 55.4 Å². The van der Waals surface area contributed by atoms with Crippen LogP contribution in [0.5, 0.6) is 5.75 Å². The molecule has 1 amide bonds. The van der Waals surface area contributed by atoms with E-state index >= 15 is 0 Å². The summed E-state index contributed by atoms with van der Waals surface area (Å²) in [6, 6.07) is 12.7. The van der Waals surface area contributed by atoms with E-state index in [0.29, 0.717) is 12.0 Å². The number of nitrogens with one attached hydrogen (secondary N) is 1. The summed E-state index contributed by atoms with van der Waals surface area (Å²) in [4.78, 5) is 23.7. The summed E-state index contributed by atoms with van der Waals surface area (Å²) in [5.74, 6) is -0.132. The van der Waals surface area contributed by atoms with Crippen LogP contribution >= 0.6 is 0 Å². The van der Waals surface area contributed by atoms with Crippen LogP contribution in [0.4, 0.5) is 4.39 Å². The largest absolute Gasteiger partial charge is 0.496 e. The van der Waals surface area contributed by atoms with Crippen molar-refractivity contribution in [3.8, 4) is 5.75 Å². The number of para-hydroxylation sites is 1. The van der Waals surface area contributed by atoms with E-state index in [0.717, 1.165) is 11.3 Å². The highest BCUT2D eigenvalue weighted by Gasteiger charge is 2.09. The molecule has 5 heteroatoms. The van der Waals surface area contributed by atoms with E-state index in [2.05, 4.69) is 5.32 Å². The fourth-order valence-electron chi connectivity index (χ4n) is 2.16. The molecule has 2 aromatic rings. The third-order valence-electron chi connectivity index (χ3n) is 3.43. The zero-order valence-electron chi connectivity index (χ0n) is 12.8. The molecule has 120 valence electrons. The van der Waals surface area contributed by atoms with Gasteiger partial charge in [-0.3, -0.25) is 9.59 Å². The maximum Gasteiger partial charge on any atom is 0.220 e. The number of ether oxygens (including phenoxy) is 1. The van der Waals surface area contributed by atoms with Gasteiger partial charge in [-0.15, -0.1) is 0 Å². The van der Waals surface area contributed by atoms with Gasteiger partial charge in [0, 0.05) is 12.0 Å². The molecular formula is C18H18FNO3. The summed E-state index contributed by atoms with van der Waals surface area (Å²) < 4.78 is 18.0. The summed E-state index contributed by atoms with van der Waals surface area (Å²) >= 11 is 0. The van der Waals surface area contributed by atoms with Crippen molar-refractivity contribution in [2.75, 3.05) is 13.7 Å². The van der Waals surface area contributed by atoms with Gasteiger partial charge in [0.2, 0.25) is 5.91 Å². The van der Waals surface area contributed by atoms with Gasteiger partial charge in [0.05, 0.1) is 13.7 Å². The molecule has 0 spiro atoms. The number of hydrogen-bond donors (Lipinski definition) is 1. The second-order valence-corrected chi connectivity index (χ2v) is 5.02. The van der Waals surface area contributed by atoms with Crippen LogP contribution in [0.25, 0.3) is 0 Å². The lowest BCUT2D eigenvalue weighted by molar-refractivity contribution is -0.120. The molecule has 2 aromatic carbocycles. The van der Waals surface area contributed by atoms with Gasteiger partial charge in [0.15, 0.2) is 5.78 Å². The second kappa shape index (κ2) is 8.08. The Kier molecular flexibility index (Phi) is 5.86. The number of rotatable bonds is 7. The number of amides is 1. The standard InChI is InChI=1S/C18H18FNO3/c1-23-17-5-3-2-4-14(17)8-11-18(22)20-12-16(21)13-6-9-15(19)10-7-13/h2-7,9-10H,8,11-12H2,1H3,(H,20,22). The fraction of sp³-hybridized carbons (Fsp3) is 0.222. The maximum atomic E-state index is 12.8. The first-order chi connectivity index (χ1) is 11.1. The summed E-state index contributed by atoms with van der Waals surface area (Å²) in [5, 5.41) is 2.58. The lowest BCUT2D eigenvalue weighted by Crippen LogP contribution is -2.29. The minimum Gasteiger partial charge on any atom is -0.496 e. The molecule has 0 atom stereocenters. The van der Waals surface area contributed by atoms with E-state index in [1.165, 1.54) is 24.3 Å². The highest BCUT2D eigenvalue weighted by molar-refractivity contribution is 5.99. The van der Waals surface area contributed by atoms with E-state index < -0.39 is 5.82 Å². The zero-order chi connectivity index (χ0) is 16.7. The first kappa shape index (κ1) is 16.7. The van der Waals surface area contributed by atoms with Gasteiger partial charge < -0.3 is 10.1 Å². The Morgan fingerprint density at radius 3 is 2.48 bits per heavy atom. The Balaban J connectivity index is 1.81. The number of Topliss-reactive ketones (excluding diaryl/α,β-unsaturated/α-hetero) is 1. The molecule has 0 radical (unpaired) electrons. The van der Waals surface area contributed by atoms with E-state index in [-0.39, 0.29) is 24.7 Å². The van der Waals surface area contributed by atoms with E-state index in [1.807, 2.05) is 24.3 Å². The van der Waals surface area contributed by atoms with Crippen LogP contribution in [0.3, 0.4) is 0 Å². The van der Waals surface area contributed by atoms with Gasteiger partial charge in [-0.25, -0.2) is 4.39 Å². The number of carbonyl (C=O) groups is 2. The van der Waals surface area contributed by atoms with Gasteiger partial charge in [-0.2, -0.15) is 0 Å². The van der Waals surface area contributed by atoms with Crippen LogP contribution < -0.4 is 10.1 Å². The van der Waals surface area contributed by atoms with E-state index in [4.69, 9.17) is 4.74 Å². The number of halogens is 1. The van der Waals surface area contributed by atoms with Gasteiger partial charge in [-0.05, 0) is 42.3 Å². The van der Waals surface area contributed by atoms with E-state index in [9.17, 15) is 14.0 Å². The van der Waals surface area contributed by atoms with Crippen molar-refractivity contribution >= 4 is 11.7 Å². The van der Waals surface area contributed by atoms with Crippen molar-refractivity contribution < 1.29 is 18.7 Å². The molecule has 2 rings (SSSR count). The Labute approximate surface area is 134 Å². The molecule has 0 saturated heterocycles. The summed E-state index contributed by atoms with van der Waals surface area (Å²) in [7, 11) is 1.58. The predicted octanol–water partition coefficient (Wildman–Crippen LogP) is 2.77. The molecule has 0 aliphatic rings. The van der Waals surface area contributed by atoms with Gasteiger partial charge >= 0.3 is 0 Å². The first-order valence-electron chi connectivity index (χ1n) is 7.27. The number of benzene rings is 2. The lowest BCUT2D eigenvalue weighted by Gasteiger charge is -2.08. The molecule has 0 aromatic heterocycles.